The number of hydrogen-bond donors (Lipinski definition) is 1. The van der Waals surface area contributed by atoms with Crippen molar-refractivity contribution >= 4 is 33.7 Å². The number of amides is 1. The summed E-state index contributed by atoms with van der Waals surface area (Å²) in [4.78, 5) is 16.3. The fourth-order valence-electron chi connectivity index (χ4n) is 1.95. The fraction of sp³-hybridized carbons (Fsp3) is 0.0625. The Bertz CT molecular complexity index is 852. The van der Waals surface area contributed by atoms with Gasteiger partial charge in [0.15, 0.2) is 0 Å². The zero-order chi connectivity index (χ0) is 15.5. The van der Waals surface area contributed by atoms with E-state index in [1.807, 2.05) is 49.5 Å². The molecule has 6 heteroatoms. The van der Waals surface area contributed by atoms with E-state index in [2.05, 4.69) is 31.4 Å². The van der Waals surface area contributed by atoms with Gasteiger partial charge in [0, 0.05) is 16.9 Å². The Morgan fingerprint density at radius 3 is 2.77 bits per heavy atom. The van der Waals surface area contributed by atoms with Gasteiger partial charge in [-0.3, -0.25) is 4.79 Å². The van der Waals surface area contributed by atoms with Crippen LogP contribution in [0.2, 0.25) is 0 Å². The molecule has 0 saturated heterocycles. The summed E-state index contributed by atoms with van der Waals surface area (Å²) < 4.78 is 2.70. The highest BCUT2D eigenvalue weighted by Gasteiger charge is 2.09. The Labute approximate surface area is 135 Å². The first-order valence-electron chi connectivity index (χ1n) is 6.66. The number of imidazole rings is 1. The lowest BCUT2D eigenvalue weighted by molar-refractivity contribution is 0.0951. The third-order valence-electron chi connectivity index (χ3n) is 3.10. The van der Waals surface area contributed by atoms with Gasteiger partial charge < -0.3 is 4.40 Å². The lowest BCUT2D eigenvalue weighted by Crippen LogP contribution is -2.17. The SMILES string of the molecule is Cc1ccc(/C=N/NC(=O)c2cn3cc(Br)ccc3n2)cc1. The normalized spacial score (nSPS) is 11.2. The summed E-state index contributed by atoms with van der Waals surface area (Å²) >= 11 is 3.38. The van der Waals surface area contributed by atoms with E-state index in [4.69, 9.17) is 0 Å². The molecule has 0 unspecified atom stereocenters. The number of carbonyl (C=O) groups is 1. The Morgan fingerprint density at radius 2 is 2.00 bits per heavy atom. The summed E-state index contributed by atoms with van der Waals surface area (Å²) in [5.74, 6) is -0.344. The van der Waals surface area contributed by atoms with Crippen LogP contribution < -0.4 is 5.43 Å². The molecule has 0 aliphatic heterocycles. The molecule has 0 bridgehead atoms. The molecule has 2 heterocycles. The molecule has 3 aromatic rings. The van der Waals surface area contributed by atoms with Crippen molar-refractivity contribution in [1.82, 2.24) is 14.8 Å². The second-order valence-electron chi connectivity index (χ2n) is 4.85. The van der Waals surface area contributed by atoms with E-state index >= 15 is 0 Å². The number of fused-ring (bicyclic) bond motifs is 1. The first-order chi connectivity index (χ1) is 10.6. The zero-order valence-electron chi connectivity index (χ0n) is 11.8. The van der Waals surface area contributed by atoms with Crippen LogP contribution in [-0.4, -0.2) is 21.5 Å². The molecule has 3 rings (SSSR count). The molecule has 0 aliphatic rings. The average Bonchev–Trinajstić information content (AvgIpc) is 2.92. The zero-order valence-corrected chi connectivity index (χ0v) is 13.4. The van der Waals surface area contributed by atoms with Crippen molar-refractivity contribution in [2.24, 2.45) is 5.10 Å². The van der Waals surface area contributed by atoms with Gasteiger partial charge in [-0.05, 0) is 40.5 Å². The Kier molecular flexibility index (Phi) is 4.02. The highest BCUT2D eigenvalue weighted by molar-refractivity contribution is 9.10. The van der Waals surface area contributed by atoms with Gasteiger partial charge in [-0.2, -0.15) is 5.10 Å². The number of carbonyl (C=O) groups excluding carboxylic acids is 1. The number of hydrogen-bond acceptors (Lipinski definition) is 3. The van der Waals surface area contributed by atoms with E-state index in [1.54, 1.807) is 16.8 Å². The maximum absolute atomic E-state index is 12.0. The van der Waals surface area contributed by atoms with Gasteiger partial charge in [-0.25, -0.2) is 10.4 Å². The molecule has 1 N–H and O–H groups in total. The third kappa shape index (κ3) is 3.23. The summed E-state index contributed by atoms with van der Waals surface area (Å²) in [6.45, 7) is 2.02. The van der Waals surface area contributed by atoms with Gasteiger partial charge in [0.1, 0.15) is 11.3 Å². The summed E-state index contributed by atoms with van der Waals surface area (Å²) in [6, 6.07) is 11.6. The first kappa shape index (κ1) is 14.5. The minimum absolute atomic E-state index is 0.319. The predicted molar refractivity (Wildman–Crippen MR) is 89.1 cm³/mol. The number of halogens is 1. The lowest BCUT2D eigenvalue weighted by Gasteiger charge is -1.96. The second kappa shape index (κ2) is 6.11. The van der Waals surface area contributed by atoms with E-state index in [0.717, 1.165) is 10.0 Å². The van der Waals surface area contributed by atoms with Crippen LogP contribution in [0.4, 0.5) is 0 Å². The topological polar surface area (TPSA) is 58.8 Å². The van der Waals surface area contributed by atoms with Crippen molar-refractivity contribution in [3.63, 3.8) is 0 Å². The monoisotopic (exact) mass is 356 g/mol. The molecular formula is C16H13BrN4O. The summed E-state index contributed by atoms with van der Waals surface area (Å²) in [7, 11) is 0. The van der Waals surface area contributed by atoms with Crippen LogP contribution in [0.5, 0.6) is 0 Å². The quantitative estimate of drug-likeness (QED) is 0.578. The van der Waals surface area contributed by atoms with Crippen molar-refractivity contribution in [3.05, 3.63) is 70.1 Å². The van der Waals surface area contributed by atoms with Gasteiger partial charge in [-0.15, -0.1) is 0 Å². The standard InChI is InChI=1S/C16H13BrN4O/c1-11-2-4-12(5-3-11)8-18-20-16(22)14-10-21-9-13(17)6-7-15(21)19-14/h2-10H,1H3,(H,20,22)/b18-8+. The molecule has 22 heavy (non-hydrogen) atoms. The minimum atomic E-state index is -0.344. The molecule has 0 atom stereocenters. The van der Waals surface area contributed by atoms with Crippen LogP contribution >= 0.6 is 15.9 Å². The number of aromatic nitrogens is 2. The van der Waals surface area contributed by atoms with Crippen LogP contribution in [-0.2, 0) is 0 Å². The molecule has 1 amide bonds. The van der Waals surface area contributed by atoms with E-state index < -0.39 is 0 Å². The molecule has 0 spiro atoms. The van der Waals surface area contributed by atoms with Gasteiger partial charge in [-0.1, -0.05) is 29.8 Å². The number of pyridine rings is 1. The first-order valence-corrected chi connectivity index (χ1v) is 7.45. The average molecular weight is 357 g/mol. The van der Waals surface area contributed by atoms with Crippen LogP contribution in [0.1, 0.15) is 21.6 Å². The van der Waals surface area contributed by atoms with Crippen molar-refractivity contribution in [2.45, 2.75) is 6.92 Å². The van der Waals surface area contributed by atoms with Crippen LogP contribution in [0.25, 0.3) is 5.65 Å². The van der Waals surface area contributed by atoms with Gasteiger partial charge in [0.25, 0.3) is 5.91 Å². The number of nitrogens with zero attached hydrogens (tertiary/aromatic N) is 3. The molecule has 0 radical (unpaired) electrons. The number of rotatable bonds is 3. The second-order valence-corrected chi connectivity index (χ2v) is 5.76. The van der Waals surface area contributed by atoms with Crippen molar-refractivity contribution < 1.29 is 4.79 Å². The van der Waals surface area contributed by atoms with Crippen molar-refractivity contribution in [2.75, 3.05) is 0 Å². The van der Waals surface area contributed by atoms with E-state index in [9.17, 15) is 4.79 Å². The summed E-state index contributed by atoms with van der Waals surface area (Å²) in [6.07, 6.45) is 5.11. The highest BCUT2D eigenvalue weighted by Crippen LogP contribution is 2.12. The maximum atomic E-state index is 12.0. The maximum Gasteiger partial charge on any atom is 0.291 e. The number of nitrogens with one attached hydrogen (secondary N) is 1. The smallest absolute Gasteiger partial charge is 0.291 e. The molecule has 110 valence electrons. The molecule has 2 aromatic heterocycles. The Hall–Kier alpha value is -2.47. The van der Waals surface area contributed by atoms with Gasteiger partial charge >= 0.3 is 0 Å². The molecule has 0 saturated carbocycles. The van der Waals surface area contributed by atoms with E-state index in [1.165, 1.54) is 5.56 Å². The number of hydrazone groups is 1. The highest BCUT2D eigenvalue weighted by atomic mass is 79.9. The fourth-order valence-corrected chi connectivity index (χ4v) is 2.30. The molecular weight excluding hydrogens is 344 g/mol. The Morgan fingerprint density at radius 1 is 1.23 bits per heavy atom. The molecule has 0 fully saturated rings. The van der Waals surface area contributed by atoms with Crippen molar-refractivity contribution in [3.8, 4) is 0 Å². The van der Waals surface area contributed by atoms with Gasteiger partial charge in [0.2, 0.25) is 0 Å². The lowest BCUT2D eigenvalue weighted by atomic mass is 10.2. The number of benzene rings is 1. The van der Waals surface area contributed by atoms with Crippen LogP contribution in [0.3, 0.4) is 0 Å². The van der Waals surface area contributed by atoms with Crippen molar-refractivity contribution in [1.29, 1.82) is 0 Å². The van der Waals surface area contributed by atoms with Crippen LogP contribution in [0, 0.1) is 6.92 Å². The van der Waals surface area contributed by atoms with Crippen LogP contribution in [0.15, 0.2) is 58.4 Å². The minimum Gasteiger partial charge on any atom is -0.305 e. The number of aryl methyl sites for hydroxylation is 1. The molecule has 1 aromatic carbocycles. The summed E-state index contributed by atoms with van der Waals surface area (Å²) in [5.41, 5.74) is 5.60. The largest absolute Gasteiger partial charge is 0.305 e. The summed E-state index contributed by atoms with van der Waals surface area (Å²) in [5, 5.41) is 3.95. The van der Waals surface area contributed by atoms with E-state index in [-0.39, 0.29) is 5.91 Å². The van der Waals surface area contributed by atoms with E-state index in [0.29, 0.717) is 11.3 Å². The third-order valence-corrected chi connectivity index (χ3v) is 3.57. The Balaban J connectivity index is 1.71. The molecule has 0 aliphatic carbocycles. The molecule has 5 nitrogen and oxygen atoms in total. The van der Waals surface area contributed by atoms with Gasteiger partial charge in [0.05, 0.1) is 6.21 Å². The predicted octanol–water partition coefficient (Wildman–Crippen LogP) is 3.17.